The van der Waals surface area contributed by atoms with Crippen molar-refractivity contribution in [2.24, 2.45) is 0 Å². The van der Waals surface area contributed by atoms with Crippen LogP contribution in [-0.2, 0) is 9.59 Å². The molecule has 0 spiro atoms. The lowest BCUT2D eigenvalue weighted by molar-refractivity contribution is -0.120. The Morgan fingerprint density at radius 2 is 1.44 bits per heavy atom. The Kier molecular flexibility index (Phi) is 6.27. The number of methoxy groups -OCH3 is 1. The maximum Gasteiger partial charge on any atom is 0.238 e. The fraction of sp³-hybridized carbons (Fsp3) is 0.300. The quantitative estimate of drug-likeness (QED) is 0.631. The lowest BCUT2D eigenvalue weighted by Crippen LogP contribution is -2.38. The molecule has 0 aliphatic heterocycles. The molecule has 27 heavy (non-hydrogen) atoms. The van der Waals surface area contributed by atoms with Gasteiger partial charge in [-0.05, 0) is 61.4 Å². The molecule has 2 amide bonds. The van der Waals surface area contributed by atoms with Gasteiger partial charge in [0.15, 0.2) is 0 Å². The van der Waals surface area contributed by atoms with Crippen LogP contribution < -0.4 is 25.4 Å². The van der Waals surface area contributed by atoms with Crippen LogP contribution in [0, 0.1) is 0 Å². The summed E-state index contributed by atoms with van der Waals surface area (Å²) >= 11 is 0. The highest BCUT2D eigenvalue weighted by atomic mass is 16.5. The fourth-order valence-corrected chi connectivity index (χ4v) is 2.39. The first kappa shape index (κ1) is 18.7. The van der Waals surface area contributed by atoms with Crippen LogP contribution in [-0.4, -0.2) is 38.1 Å². The molecule has 0 heterocycles. The predicted octanol–water partition coefficient (Wildman–Crippen LogP) is 2.29. The molecule has 3 N–H and O–H groups in total. The Labute approximate surface area is 158 Å². The smallest absolute Gasteiger partial charge is 0.238 e. The van der Waals surface area contributed by atoms with Gasteiger partial charge in [0.2, 0.25) is 11.8 Å². The van der Waals surface area contributed by atoms with Crippen molar-refractivity contribution in [1.29, 1.82) is 0 Å². The van der Waals surface area contributed by atoms with Gasteiger partial charge in [0.05, 0.1) is 20.2 Å². The standard InChI is InChI=1S/C20H23N3O4/c1-26-16-8-10-18(11-9-16)27-17-6-4-15(5-7-17)23-20(25)13-21-12-19(24)22-14-2-3-14/h4-11,14,21H,2-3,12-13H2,1H3,(H,22,24)(H,23,25). The van der Waals surface area contributed by atoms with E-state index in [0.717, 1.165) is 18.6 Å². The number of ether oxygens (including phenoxy) is 2. The van der Waals surface area contributed by atoms with Crippen LogP contribution in [0.2, 0.25) is 0 Å². The molecule has 7 heteroatoms. The number of nitrogens with one attached hydrogen (secondary N) is 3. The Morgan fingerprint density at radius 3 is 2.04 bits per heavy atom. The Morgan fingerprint density at radius 1 is 0.889 bits per heavy atom. The van der Waals surface area contributed by atoms with Crippen molar-refractivity contribution in [1.82, 2.24) is 10.6 Å². The largest absolute Gasteiger partial charge is 0.497 e. The number of amides is 2. The second-order valence-corrected chi connectivity index (χ2v) is 6.30. The summed E-state index contributed by atoms with van der Waals surface area (Å²) in [6, 6.07) is 14.7. The summed E-state index contributed by atoms with van der Waals surface area (Å²) in [6.45, 7) is 0.209. The second kappa shape index (κ2) is 9.05. The van der Waals surface area contributed by atoms with E-state index in [9.17, 15) is 9.59 Å². The van der Waals surface area contributed by atoms with Gasteiger partial charge < -0.3 is 20.1 Å². The fourth-order valence-electron chi connectivity index (χ4n) is 2.39. The third kappa shape index (κ3) is 6.31. The molecule has 1 aliphatic carbocycles. The van der Waals surface area contributed by atoms with Gasteiger partial charge in [-0.2, -0.15) is 0 Å². The number of carbonyl (C=O) groups excluding carboxylic acids is 2. The minimum absolute atomic E-state index is 0.0716. The van der Waals surface area contributed by atoms with E-state index in [4.69, 9.17) is 9.47 Å². The van der Waals surface area contributed by atoms with Crippen LogP contribution in [0.1, 0.15) is 12.8 Å². The molecule has 0 radical (unpaired) electrons. The average Bonchev–Trinajstić information content (AvgIpc) is 3.48. The number of carbonyl (C=O) groups is 2. The molecule has 0 aromatic heterocycles. The van der Waals surface area contributed by atoms with Crippen molar-refractivity contribution < 1.29 is 19.1 Å². The lowest BCUT2D eigenvalue weighted by Gasteiger charge is -2.09. The second-order valence-electron chi connectivity index (χ2n) is 6.30. The summed E-state index contributed by atoms with van der Waals surface area (Å²) in [4.78, 5) is 23.4. The van der Waals surface area contributed by atoms with Crippen molar-refractivity contribution in [2.45, 2.75) is 18.9 Å². The third-order valence-electron chi connectivity index (χ3n) is 3.95. The van der Waals surface area contributed by atoms with Crippen LogP contribution in [0.25, 0.3) is 0 Å². The molecule has 7 nitrogen and oxygen atoms in total. The minimum atomic E-state index is -0.210. The van der Waals surface area contributed by atoms with Crippen LogP contribution in [0.3, 0.4) is 0 Å². The van der Waals surface area contributed by atoms with Gasteiger partial charge in [-0.15, -0.1) is 0 Å². The SMILES string of the molecule is COc1ccc(Oc2ccc(NC(=O)CNCC(=O)NC3CC3)cc2)cc1. The Hall–Kier alpha value is -3.06. The van der Waals surface area contributed by atoms with E-state index >= 15 is 0 Å². The summed E-state index contributed by atoms with van der Waals surface area (Å²) in [7, 11) is 1.61. The van der Waals surface area contributed by atoms with E-state index < -0.39 is 0 Å². The van der Waals surface area contributed by atoms with Crippen molar-refractivity contribution >= 4 is 17.5 Å². The van der Waals surface area contributed by atoms with Crippen molar-refractivity contribution in [3.8, 4) is 17.2 Å². The lowest BCUT2D eigenvalue weighted by atomic mass is 10.3. The molecule has 1 fully saturated rings. The highest BCUT2D eigenvalue weighted by Gasteiger charge is 2.22. The summed E-state index contributed by atoms with van der Waals surface area (Å²) < 4.78 is 10.9. The Bertz CT molecular complexity index is 771. The van der Waals surface area contributed by atoms with Gasteiger partial charge in [0.25, 0.3) is 0 Å². The molecule has 3 rings (SSSR count). The average molecular weight is 369 g/mol. The first-order valence-electron chi connectivity index (χ1n) is 8.84. The number of hydrogen-bond donors (Lipinski definition) is 3. The van der Waals surface area contributed by atoms with E-state index in [0.29, 0.717) is 23.2 Å². The maximum absolute atomic E-state index is 11.9. The third-order valence-corrected chi connectivity index (χ3v) is 3.95. The van der Waals surface area contributed by atoms with E-state index in [1.54, 1.807) is 31.4 Å². The molecular weight excluding hydrogens is 346 g/mol. The molecule has 2 aromatic carbocycles. The van der Waals surface area contributed by atoms with E-state index in [1.807, 2.05) is 24.3 Å². The van der Waals surface area contributed by atoms with Gasteiger partial charge in [-0.1, -0.05) is 0 Å². The van der Waals surface area contributed by atoms with Crippen molar-refractivity contribution in [3.63, 3.8) is 0 Å². The minimum Gasteiger partial charge on any atom is -0.497 e. The topological polar surface area (TPSA) is 88.7 Å². The van der Waals surface area contributed by atoms with E-state index in [-0.39, 0.29) is 24.9 Å². The number of rotatable bonds is 9. The Balaban J connectivity index is 1.40. The maximum atomic E-state index is 11.9. The molecule has 0 atom stereocenters. The van der Waals surface area contributed by atoms with Gasteiger partial charge in [-0.3, -0.25) is 14.9 Å². The highest BCUT2D eigenvalue weighted by Crippen LogP contribution is 2.24. The first-order chi connectivity index (χ1) is 13.1. The molecule has 0 saturated heterocycles. The van der Waals surface area contributed by atoms with Gasteiger partial charge in [0.1, 0.15) is 17.2 Å². The summed E-state index contributed by atoms with van der Waals surface area (Å²) in [5, 5.41) is 8.46. The van der Waals surface area contributed by atoms with Gasteiger partial charge >= 0.3 is 0 Å². The highest BCUT2D eigenvalue weighted by molar-refractivity contribution is 5.92. The van der Waals surface area contributed by atoms with Gasteiger partial charge in [-0.25, -0.2) is 0 Å². The van der Waals surface area contributed by atoms with E-state index in [2.05, 4.69) is 16.0 Å². The molecule has 0 unspecified atom stereocenters. The summed E-state index contributed by atoms with van der Waals surface area (Å²) in [6.07, 6.45) is 2.09. The summed E-state index contributed by atoms with van der Waals surface area (Å²) in [5.41, 5.74) is 0.659. The molecule has 2 aromatic rings. The zero-order valence-corrected chi connectivity index (χ0v) is 15.2. The number of anilines is 1. The number of hydrogen-bond acceptors (Lipinski definition) is 5. The van der Waals surface area contributed by atoms with Crippen LogP contribution in [0.5, 0.6) is 17.2 Å². The molecule has 0 bridgehead atoms. The monoisotopic (exact) mass is 369 g/mol. The van der Waals surface area contributed by atoms with Crippen LogP contribution in [0.4, 0.5) is 5.69 Å². The summed E-state index contributed by atoms with van der Waals surface area (Å²) in [5.74, 6) is 1.83. The van der Waals surface area contributed by atoms with Crippen LogP contribution in [0.15, 0.2) is 48.5 Å². The predicted molar refractivity (Wildman–Crippen MR) is 102 cm³/mol. The van der Waals surface area contributed by atoms with Crippen molar-refractivity contribution in [3.05, 3.63) is 48.5 Å². The molecular formula is C20H23N3O4. The molecule has 1 saturated carbocycles. The first-order valence-corrected chi connectivity index (χ1v) is 8.84. The van der Waals surface area contributed by atoms with Crippen molar-refractivity contribution in [2.75, 3.05) is 25.5 Å². The molecule has 1 aliphatic rings. The van der Waals surface area contributed by atoms with Crippen LogP contribution >= 0.6 is 0 Å². The normalized spacial score (nSPS) is 12.9. The zero-order valence-electron chi connectivity index (χ0n) is 15.2. The zero-order chi connectivity index (χ0) is 19.1. The van der Waals surface area contributed by atoms with Gasteiger partial charge in [0, 0.05) is 11.7 Å². The molecule has 142 valence electrons. The number of benzene rings is 2. The van der Waals surface area contributed by atoms with E-state index in [1.165, 1.54) is 0 Å².